The Bertz CT molecular complexity index is 1200. The summed E-state index contributed by atoms with van der Waals surface area (Å²) < 4.78 is 43.7. The fourth-order valence-corrected chi connectivity index (χ4v) is 5.51. The molecule has 2 unspecified atom stereocenters. The SMILES string of the molecule is Cc1ncc2c(NC3c4ccc(Cl)c(Br)c4C(C)(C)CCC3(O)C(F)(F)F)cccc2n1. The van der Waals surface area contributed by atoms with Crippen LogP contribution in [0.3, 0.4) is 0 Å². The second-order valence-corrected chi connectivity index (χ2v) is 10.1. The number of anilines is 1. The van der Waals surface area contributed by atoms with Gasteiger partial charge < -0.3 is 10.4 Å². The number of nitrogens with one attached hydrogen (secondary N) is 1. The van der Waals surface area contributed by atoms with Crippen molar-refractivity contribution in [3.8, 4) is 0 Å². The number of aliphatic hydroxyl groups is 1. The molecule has 2 N–H and O–H groups in total. The van der Waals surface area contributed by atoms with Crippen molar-refractivity contribution in [1.29, 1.82) is 0 Å². The van der Waals surface area contributed by atoms with E-state index in [0.29, 0.717) is 43.0 Å². The Labute approximate surface area is 197 Å². The van der Waals surface area contributed by atoms with E-state index < -0.39 is 29.7 Å². The molecule has 0 aliphatic heterocycles. The van der Waals surface area contributed by atoms with Gasteiger partial charge in [-0.1, -0.05) is 37.6 Å². The molecule has 0 fully saturated rings. The van der Waals surface area contributed by atoms with Crippen LogP contribution in [-0.4, -0.2) is 26.9 Å². The van der Waals surface area contributed by atoms with Gasteiger partial charge in [-0.3, -0.25) is 0 Å². The summed E-state index contributed by atoms with van der Waals surface area (Å²) in [6.45, 7) is 5.47. The third-order valence-electron chi connectivity index (χ3n) is 6.26. The summed E-state index contributed by atoms with van der Waals surface area (Å²) in [6.07, 6.45) is -3.65. The number of alkyl halides is 3. The number of benzene rings is 2. The number of rotatable bonds is 2. The lowest BCUT2D eigenvalue weighted by Crippen LogP contribution is -2.52. The van der Waals surface area contributed by atoms with Crippen LogP contribution < -0.4 is 5.32 Å². The Morgan fingerprint density at radius 1 is 1.19 bits per heavy atom. The van der Waals surface area contributed by atoms with Crippen molar-refractivity contribution in [3.05, 3.63) is 63.0 Å². The molecule has 0 radical (unpaired) electrons. The van der Waals surface area contributed by atoms with E-state index in [1.165, 1.54) is 0 Å². The average Bonchev–Trinajstić information content (AvgIpc) is 2.79. The molecule has 1 heterocycles. The highest BCUT2D eigenvalue weighted by molar-refractivity contribution is 9.10. The number of hydrogen-bond acceptors (Lipinski definition) is 4. The lowest BCUT2D eigenvalue weighted by Gasteiger charge is -2.38. The molecule has 3 aromatic rings. The second kappa shape index (κ2) is 7.85. The molecule has 2 atom stereocenters. The molecular weight excluding hydrogens is 507 g/mol. The molecule has 32 heavy (non-hydrogen) atoms. The van der Waals surface area contributed by atoms with Crippen LogP contribution in [0.1, 0.15) is 49.7 Å². The molecule has 0 saturated heterocycles. The third kappa shape index (κ3) is 3.76. The molecule has 0 bridgehead atoms. The molecule has 9 heteroatoms. The van der Waals surface area contributed by atoms with Crippen LogP contribution in [0, 0.1) is 6.92 Å². The first-order chi connectivity index (χ1) is 14.8. The van der Waals surface area contributed by atoms with Crippen molar-refractivity contribution < 1.29 is 18.3 Å². The van der Waals surface area contributed by atoms with Crippen LogP contribution in [0.25, 0.3) is 10.9 Å². The summed E-state index contributed by atoms with van der Waals surface area (Å²) in [7, 11) is 0. The van der Waals surface area contributed by atoms with Gasteiger partial charge in [0, 0.05) is 21.7 Å². The minimum atomic E-state index is -4.87. The topological polar surface area (TPSA) is 58.0 Å². The molecule has 1 aromatic heterocycles. The number of fused-ring (bicyclic) bond motifs is 2. The van der Waals surface area contributed by atoms with Crippen molar-refractivity contribution in [3.63, 3.8) is 0 Å². The van der Waals surface area contributed by atoms with Crippen molar-refractivity contribution in [2.24, 2.45) is 0 Å². The molecule has 0 saturated carbocycles. The van der Waals surface area contributed by atoms with Gasteiger partial charge in [0.05, 0.1) is 16.6 Å². The smallest absolute Gasteiger partial charge is 0.379 e. The summed E-state index contributed by atoms with van der Waals surface area (Å²) in [5, 5.41) is 15.2. The minimum Gasteiger partial charge on any atom is -0.379 e. The molecule has 4 rings (SSSR count). The van der Waals surface area contributed by atoms with Gasteiger partial charge in [-0.2, -0.15) is 13.2 Å². The first-order valence-electron chi connectivity index (χ1n) is 10.1. The summed E-state index contributed by atoms with van der Waals surface area (Å²) >= 11 is 9.80. The zero-order valence-corrected chi connectivity index (χ0v) is 20.0. The van der Waals surface area contributed by atoms with Crippen LogP contribution in [0.5, 0.6) is 0 Å². The maximum absolute atomic E-state index is 14.4. The summed E-state index contributed by atoms with van der Waals surface area (Å²) in [5.74, 6) is 0.557. The molecule has 0 spiro atoms. The molecule has 1 aliphatic carbocycles. The molecule has 170 valence electrons. The van der Waals surface area contributed by atoms with Gasteiger partial charge in [-0.15, -0.1) is 0 Å². The molecule has 4 nitrogen and oxygen atoms in total. The average molecular weight is 529 g/mol. The maximum atomic E-state index is 14.4. The van der Waals surface area contributed by atoms with E-state index in [9.17, 15) is 18.3 Å². The van der Waals surface area contributed by atoms with Crippen LogP contribution in [0.15, 0.2) is 41.0 Å². The van der Waals surface area contributed by atoms with Crippen LogP contribution in [0.2, 0.25) is 5.02 Å². The fourth-order valence-electron chi connectivity index (χ4n) is 4.45. The van der Waals surface area contributed by atoms with Gasteiger partial charge in [0.2, 0.25) is 0 Å². The first-order valence-corrected chi connectivity index (χ1v) is 11.3. The fraction of sp³-hybridized carbons (Fsp3) is 0.391. The van der Waals surface area contributed by atoms with Crippen LogP contribution in [-0.2, 0) is 5.41 Å². The number of halogens is 5. The van der Waals surface area contributed by atoms with Crippen LogP contribution in [0.4, 0.5) is 18.9 Å². The van der Waals surface area contributed by atoms with Crippen molar-refractivity contribution in [1.82, 2.24) is 9.97 Å². The molecular formula is C23H22BrClF3N3O. The van der Waals surface area contributed by atoms with E-state index in [0.717, 1.165) is 0 Å². The van der Waals surface area contributed by atoms with Gasteiger partial charge in [-0.05, 0) is 70.4 Å². The van der Waals surface area contributed by atoms with E-state index in [1.54, 1.807) is 43.5 Å². The number of aromatic nitrogens is 2. The van der Waals surface area contributed by atoms with Gasteiger partial charge in [-0.25, -0.2) is 9.97 Å². The normalized spacial score (nSPS) is 23.0. The Morgan fingerprint density at radius 2 is 1.91 bits per heavy atom. The van der Waals surface area contributed by atoms with Gasteiger partial charge in [0.1, 0.15) is 5.82 Å². The second-order valence-electron chi connectivity index (χ2n) is 8.86. The highest BCUT2D eigenvalue weighted by Gasteiger charge is 2.61. The summed E-state index contributed by atoms with van der Waals surface area (Å²) in [6, 6.07) is 6.79. The monoisotopic (exact) mass is 527 g/mol. The number of nitrogens with zero attached hydrogens (tertiary/aromatic N) is 2. The van der Waals surface area contributed by atoms with E-state index in [1.807, 2.05) is 13.8 Å². The van der Waals surface area contributed by atoms with Crippen LogP contribution >= 0.6 is 27.5 Å². The quantitative estimate of drug-likeness (QED) is 0.356. The van der Waals surface area contributed by atoms with Crippen molar-refractivity contribution in [2.75, 3.05) is 5.32 Å². The van der Waals surface area contributed by atoms with Gasteiger partial charge >= 0.3 is 6.18 Å². The van der Waals surface area contributed by atoms with E-state index in [2.05, 4.69) is 31.2 Å². The summed E-state index contributed by atoms with van der Waals surface area (Å²) in [5.41, 5.74) is -1.66. The zero-order valence-electron chi connectivity index (χ0n) is 17.7. The minimum absolute atomic E-state index is 0.116. The highest BCUT2D eigenvalue weighted by Crippen LogP contribution is 2.54. The number of aryl methyl sites for hydroxylation is 1. The van der Waals surface area contributed by atoms with Gasteiger partial charge in [0.25, 0.3) is 0 Å². The molecule has 1 aliphatic rings. The molecule has 2 aromatic carbocycles. The lowest BCUT2D eigenvalue weighted by molar-refractivity contribution is -0.269. The Balaban J connectivity index is 1.97. The largest absolute Gasteiger partial charge is 0.419 e. The maximum Gasteiger partial charge on any atom is 0.419 e. The molecule has 0 amide bonds. The van der Waals surface area contributed by atoms with E-state index >= 15 is 0 Å². The predicted octanol–water partition coefficient (Wildman–Crippen LogP) is 6.87. The lowest BCUT2D eigenvalue weighted by atomic mass is 9.79. The Morgan fingerprint density at radius 3 is 2.59 bits per heavy atom. The predicted molar refractivity (Wildman–Crippen MR) is 123 cm³/mol. The highest BCUT2D eigenvalue weighted by atomic mass is 79.9. The summed E-state index contributed by atoms with van der Waals surface area (Å²) in [4.78, 5) is 8.56. The van der Waals surface area contributed by atoms with E-state index in [-0.39, 0.29) is 6.42 Å². The van der Waals surface area contributed by atoms with Gasteiger partial charge in [0.15, 0.2) is 5.60 Å². The Hall–Kier alpha value is -1.90. The van der Waals surface area contributed by atoms with Crippen molar-refractivity contribution >= 4 is 44.1 Å². The Kier molecular flexibility index (Phi) is 5.71. The van der Waals surface area contributed by atoms with Crippen molar-refractivity contribution in [2.45, 2.75) is 56.8 Å². The first kappa shape index (κ1) is 23.3. The van der Waals surface area contributed by atoms with E-state index in [4.69, 9.17) is 11.6 Å². The number of hydrogen-bond donors (Lipinski definition) is 2. The third-order valence-corrected chi connectivity index (χ3v) is 7.63. The zero-order chi connectivity index (χ0) is 23.5. The standard InChI is InChI=1S/C23H22BrClF3N3O/c1-12-29-11-14-16(30-12)5-4-6-17(14)31-20-13-7-8-15(25)19(24)18(13)21(2,3)9-10-22(20,32)23(26,27)28/h4-8,11,20,31-32H,9-10H2,1-3H3.